The molecule has 0 aromatic carbocycles. The predicted molar refractivity (Wildman–Crippen MR) is 65.2 cm³/mol. The zero-order chi connectivity index (χ0) is 12.6. The van der Waals surface area contributed by atoms with Crippen molar-refractivity contribution in [3.63, 3.8) is 0 Å². The summed E-state index contributed by atoms with van der Waals surface area (Å²) in [7, 11) is 0. The number of aliphatic carboxylic acids is 1. The van der Waals surface area contributed by atoms with Gasteiger partial charge in [0.05, 0.1) is 5.69 Å². The first kappa shape index (κ1) is 11.9. The van der Waals surface area contributed by atoms with Crippen LogP contribution < -0.4 is 0 Å². The molecule has 5 heteroatoms. The summed E-state index contributed by atoms with van der Waals surface area (Å²) in [6.07, 6.45) is 0. The number of carbonyl (C=O) groups is 1. The number of aromatic nitrogens is 1. The molecule has 0 fully saturated rings. The fraction of sp³-hybridized carbons (Fsp3) is 0.333. The fourth-order valence-electron chi connectivity index (χ4n) is 1.33. The van der Waals surface area contributed by atoms with E-state index in [4.69, 9.17) is 9.52 Å². The van der Waals surface area contributed by atoms with Gasteiger partial charge in [-0.1, -0.05) is 0 Å². The van der Waals surface area contributed by atoms with Gasteiger partial charge in [0, 0.05) is 5.38 Å². The van der Waals surface area contributed by atoms with E-state index in [0.29, 0.717) is 16.5 Å². The number of nitrogens with zero attached hydrogens (tertiary/aromatic N) is 1. The van der Waals surface area contributed by atoms with Gasteiger partial charge >= 0.3 is 5.97 Å². The minimum Gasteiger partial charge on any atom is -0.481 e. The molecule has 4 nitrogen and oxygen atoms in total. The van der Waals surface area contributed by atoms with Crippen LogP contribution in [0.4, 0.5) is 0 Å². The molecular formula is C12H13NO3S. The van der Waals surface area contributed by atoms with Crippen molar-refractivity contribution < 1.29 is 14.3 Å². The molecule has 0 saturated carbocycles. The fourth-order valence-corrected chi connectivity index (χ4v) is 2.28. The van der Waals surface area contributed by atoms with Crippen molar-refractivity contribution in [3.8, 4) is 10.8 Å². The van der Waals surface area contributed by atoms with Crippen molar-refractivity contribution >= 4 is 17.3 Å². The summed E-state index contributed by atoms with van der Waals surface area (Å²) in [4.78, 5) is 15.4. The lowest BCUT2D eigenvalue weighted by atomic mass is 9.90. The van der Waals surface area contributed by atoms with Crippen molar-refractivity contribution in [2.24, 2.45) is 0 Å². The van der Waals surface area contributed by atoms with Gasteiger partial charge in [-0.3, -0.25) is 4.79 Å². The second-order valence-electron chi connectivity index (χ2n) is 4.38. The average molecular weight is 251 g/mol. The minimum absolute atomic E-state index is 0.555. The zero-order valence-electron chi connectivity index (χ0n) is 9.85. The van der Waals surface area contributed by atoms with Crippen molar-refractivity contribution in [1.29, 1.82) is 0 Å². The molecule has 2 heterocycles. The Labute approximate surface area is 103 Å². The van der Waals surface area contributed by atoms with Gasteiger partial charge in [0.25, 0.3) is 0 Å². The third kappa shape index (κ3) is 2.10. The third-order valence-corrected chi connectivity index (χ3v) is 3.49. The Hall–Kier alpha value is -1.62. The number of hydrogen-bond donors (Lipinski definition) is 1. The highest BCUT2D eigenvalue weighted by Gasteiger charge is 2.32. The largest absolute Gasteiger partial charge is 0.481 e. The molecule has 0 radical (unpaired) electrons. The average Bonchev–Trinajstić information content (AvgIpc) is 2.85. The van der Waals surface area contributed by atoms with Gasteiger partial charge in [0.2, 0.25) is 0 Å². The van der Waals surface area contributed by atoms with Crippen LogP contribution in [0.5, 0.6) is 0 Å². The van der Waals surface area contributed by atoms with E-state index in [1.807, 2.05) is 19.1 Å². The highest BCUT2D eigenvalue weighted by Crippen LogP contribution is 2.31. The van der Waals surface area contributed by atoms with Gasteiger partial charge < -0.3 is 9.52 Å². The lowest BCUT2D eigenvalue weighted by Gasteiger charge is -2.15. The molecule has 0 atom stereocenters. The molecule has 0 saturated heterocycles. The first-order valence-electron chi connectivity index (χ1n) is 5.17. The molecule has 0 amide bonds. The van der Waals surface area contributed by atoms with Gasteiger partial charge in [-0.15, -0.1) is 11.3 Å². The smallest absolute Gasteiger partial charge is 0.315 e. The Morgan fingerprint density at radius 2 is 2.18 bits per heavy atom. The van der Waals surface area contributed by atoms with E-state index in [2.05, 4.69) is 4.98 Å². The van der Waals surface area contributed by atoms with Crippen molar-refractivity contribution in [1.82, 2.24) is 4.98 Å². The zero-order valence-corrected chi connectivity index (χ0v) is 10.7. The summed E-state index contributed by atoms with van der Waals surface area (Å²) in [6.45, 7) is 5.14. The lowest BCUT2D eigenvalue weighted by Crippen LogP contribution is -2.28. The maximum absolute atomic E-state index is 11.1. The Balaban J connectivity index is 2.37. The van der Waals surface area contributed by atoms with Crippen LogP contribution in [-0.2, 0) is 10.2 Å². The Kier molecular flexibility index (Phi) is 2.79. The summed E-state index contributed by atoms with van der Waals surface area (Å²) in [6, 6.07) is 3.70. The summed E-state index contributed by atoms with van der Waals surface area (Å²) in [5.74, 6) is 0.610. The van der Waals surface area contributed by atoms with Crippen LogP contribution in [0.1, 0.15) is 25.3 Å². The molecule has 90 valence electrons. The van der Waals surface area contributed by atoms with Crippen LogP contribution >= 0.6 is 11.3 Å². The molecule has 0 bridgehead atoms. The van der Waals surface area contributed by atoms with Crippen LogP contribution in [0.15, 0.2) is 21.9 Å². The Morgan fingerprint density at radius 3 is 2.71 bits per heavy atom. The van der Waals surface area contributed by atoms with Crippen molar-refractivity contribution in [2.45, 2.75) is 26.2 Å². The second-order valence-corrected chi connectivity index (χ2v) is 5.24. The Morgan fingerprint density at radius 1 is 1.47 bits per heavy atom. The number of hydrogen-bond acceptors (Lipinski definition) is 4. The minimum atomic E-state index is -0.976. The molecule has 0 aliphatic carbocycles. The summed E-state index contributed by atoms with van der Waals surface area (Å²) in [5, 5.41) is 11.6. The van der Waals surface area contributed by atoms with Gasteiger partial charge in [-0.25, -0.2) is 4.98 Å². The monoisotopic (exact) mass is 251 g/mol. The first-order chi connectivity index (χ1) is 7.91. The molecule has 0 unspecified atom stereocenters. The van der Waals surface area contributed by atoms with E-state index in [-0.39, 0.29) is 0 Å². The Bertz CT molecular complexity index is 554. The highest BCUT2D eigenvalue weighted by molar-refractivity contribution is 7.13. The quantitative estimate of drug-likeness (QED) is 0.910. The predicted octanol–water partition coefficient (Wildman–Crippen LogP) is 3.07. The maximum atomic E-state index is 11.1. The topological polar surface area (TPSA) is 63.3 Å². The SMILES string of the molecule is Cc1ccc(-c2nc(C(C)(C)C(=O)O)cs2)o1. The van der Waals surface area contributed by atoms with Crippen LogP contribution in [0.3, 0.4) is 0 Å². The standard InChI is InChI=1S/C12H13NO3S/c1-7-4-5-8(16-7)10-13-9(6-17-10)12(2,3)11(14)15/h4-6H,1-3H3,(H,14,15). The maximum Gasteiger partial charge on any atom is 0.315 e. The van der Waals surface area contributed by atoms with E-state index in [0.717, 1.165) is 5.76 Å². The molecule has 17 heavy (non-hydrogen) atoms. The first-order valence-corrected chi connectivity index (χ1v) is 6.05. The summed E-state index contributed by atoms with van der Waals surface area (Å²) < 4.78 is 5.46. The molecular weight excluding hydrogens is 238 g/mol. The van der Waals surface area contributed by atoms with Crippen LogP contribution in [0.2, 0.25) is 0 Å². The van der Waals surface area contributed by atoms with E-state index < -0.39 is 11.4 Å². The van der Waals surface area contributed by atoms with E-state index >= 15 is 0 Å². The van der Waals surface area contributed by atoms with Crippen LogP contribution in [-0.4, -0.2) is 16.1 Å². The van der Waals surface area contributed by atoms with E-state index in [1.54, 1.807) is 19.2 Å². The van der Waals surface area contributed by atoms with Crippen molar-refractivity contribution in [3.05, 3.63) is 29.0 Å². The number of rotatable bonds is 3. The summed E-state index contributed by atoms with van der Waals surface area (Å²) >= 11 is 1.39. The number of furan rings is 1. The van der Waals surface area contributed by atoms with Crippen molar-refractivity contribution in [2.75, 3.05) is 0 Å². The lowest BCUT2D eigenvalue weighted by molar-refractivity contribution is -0.142. The van der Waals surface area contributed by atoms with Gasteiger partial charge in [0.15, 0.2) is 10.8 Å². The highest BCUT2D eigenvalue weighted by atomic mass is 32.1. The summed E-state index contributed by atoms with van der Waals surface area (Å²) in [5.41, 5.74) is -0.421. The third-order valence-electron chi connectivity index (χ3n) is 2.63. The number of carboxylic acid groups (broad SMARTS) is 1. The number of carboxylic acids is 1. The molecule has 0 aliphatic rings. The molecule has 0 spiro atoms. The number of aryl methyl sites for hydroxylation is 1. The number of thiazole rings is 1. The van der Waals surface area contributed by atoms with E-state index in [9.17, 15) is 4.79 Å². The molecule has 0 aliphatic heterocycles. The molecule has 1 N–H and O–H groups in total. The van der Waals surface area contributed by atoms with Gasteiger partial charge in [-0.05, 0) is 32.9 Å². The molecule has 2 rings (SSSR count). The van der Waals surface area contributed by atoms with Crippen LogP contribution in [0, 0.1) is 6.92 Å². The van der Waals surface area contributed by atoms with Gasteiger partial charge in [0.1, 0.15) is 11.2 Å². The van der Waals surface area contributed by atoms with Crippen LogP contribution in [0.25, 0.3) is 10.8 Å². The van der Waals surface area contributed by atoms with E-state index in [1.165, 1.54) is 11.3 Å². The molecule has 2 aromatic heterocycles. The van der Waals surface area contributed by atoms with Gasteiger partial charge in [-0.2, -0.15) is 0 Å². The second kappa shape index (κ2) is 4.00. The molecule has 2 aromatic rings. The normalized spacial score (nSPS) is 11.7.